The van der Waals surface area contributed by atoms with Gasteiger partial charge in [-0.2, -0.15) is 11.8 Å². The Hall–Kier alpha value is -2.00. The molecule has 0 saturated heterocycles. The van der Waals surface area contributed by atoms with Crippen molar-refractivity contribution in [2.45, 2.75) is 38.2 Å². The lowest BCUT2D eigenvalue weighted by Gasteiger charge is -2.13. The van der Waals surface area contributed by atoms with E-state index in [0.29, 0.717) is 11.5 Å². The third kappa shape index (κ3) is 3.73. The first kappa shape index (κ1) is 16.8. The van der Waals surface area contributed by atoms with Crippen molar-refractivity contribution in [3.63, 3.8) is 0 Å². The molecule has 0 radical (unpaired) electrons. The highest BCUT2D eigenvalue weighted by Crippen LogP contribution is 2.29. The van der Waals surface area contributed by atoms with E-state index < -0.39 is 0 Å². The molecule has 0 spiro atoms. The van der Waals surface area contributed by atoms with Gasteiger partial charge in [0.25, 0.3) is 0 Å². The number of hydrogen-bond acceptors (Lipinski definition) is 3. The molecule has 24 heavy (non-hydrogen) atoms. The minimum absolute atomic E-state index is 0.269. The highest BCUT2D eigenvalue weighted by Gasteiger charge is 2.11. The van der Waals surface area contributed by atoms with Crippen LogP contribution in [-0.4, -0.2) is 0 Å². The van der Waals surface area contributed by atoms with Crippen molar-refractivity contribution in [2.75, 3.05) is 0 Å². The summed E-state index contributed by atoms with van der Waals surface area (Å²) in [7, 11) is 0. The molecule has 0 fully saturated rings. The van der Waals surface area contributed by atoms with Crippen LogP contribution in [0.25, 0.3) is 11.0 Å². The minimum atomic E-state index is -0.269. The van der Waals surface area contributed by atoms with E-state index in [9.17, 15) is 4.79 Å². The van der Waals surface area contributed by atoms with Crippen molar-refractivity contribution < 1.29 is 4.42 Å². The fourth-order valence-electron chi connectivity index (χ4n) is 2.99. The van der Waals surface area contributed by atoms with Gasteiger partial charge in [0, 0.05) is 23.0 Å². The molecule has 3 heteroatoms. The third-order valence-electron chi connectivity index (χ3n) is 4.21. The molecule has 3 rings (SSSR count). The molecule has 0 N–H and O–H groups in total. The average molecular weight is 338 g/mol. The van der Waals surface area contributed by atoms with Gasteiger partial charge in [-0.15, -0.1) is 0 Å². The van der Waals surface area contributed by atoms with Gasteiger partial charge in [0.15, 0.2) is 0 Å². The Morgan fingerprint density at radius 1 is 1.04 bits per heavy atom. The maximum Gasteiger partial charge on any atom is 0.336 e. The SMILES string of the molecule is Cc1cc2oc(=O)cc(CSCc3ccccc3)c2cc1C(C)C. The lowest BCUT2D eigenvalue weighted by molar-refractivity contribution is 0.559. The quantitative estimate of drug-likeness (QED) is 0.562. The molecule has 0 unspecified atom stereocenters. The molecule has 1 aromatic heterocycles. The van der Waals surface area contributed by atoms with Crippen LogP contribution in [0.2, 0.25) is 0 Å². The van der Waals surface area contributed by atoms with E-state index in [1.54, 1.807) is 6.07 Å². The fraction of sp³-hybridized carbons (Fsp3) is 0.286. The van der Waals surface area contributed by atoms with E-state index in [1.165, 1.54) is 16.7 Å². The molecule has 0 aliphatic heterocycles. The zero-order chi connectivity index (χ0) is 17.1. The number of rotatable bonds is 5. The molecule has 0 bridgehead atoms. The third-order valence-corrected chi connectivity index (χ3v) is 5.26. The summed E-state index contributed by atoms with van der Waals surface area (Å²) in [5, 5.41) is 1.06. The zero-order valence-corrected chi connectivity index (χ0v) is 15.2. The number of aryl methyl sites for hydroxylation is 1. The Labute approximate surface area is 146 Å². The van der Waals surface area contributed by atoms with Gasteiger partial charge < -0.3 is 4.42 Å². The summed E-state index contributed by atoms with van der Waals surface area (Å²) in [6.07, 6.45) is 0. The second-order valence-electron chi connectivity index (χ2n) is 6.43. The smallest absolute Gasteiger partial charge is 0.336 e. The van der Waals surface area contributed by atoms with Gasteiger partial charge >= 0.3 is 5.63 Å². The lowest BCUT2D eigenvalue weighted by Crippen LogP contribution is -2.02. The van der Waals surface area contributed by atoms with Crippen LogP contribution in [0.1, 0.15) is 42.0 Å². The van der Waals surface area contributed by atoms with Crippen LogP contribution in [0.4, 0.5) is 0 Å². The van der Waals surface area contributed by atoms with Crippen molar-refractivity contribution in [3.8, 4) is 0 Å². The molecule has 1 heterocycles. The Kier molecular flexibility index (Phi) is 5.10. The molecule has 0 saturated carbocycles. The lowest BCUT2D eigenvalue weighted by atomic mass is 9.95. The van der Waals surface area contributed by atoms with Crippen LogP contribution in [0.15, 0.2) is 57.7 Å². The predicted molar refractivity (Wildman–Crippen MR) is 103 cm³/mol. The largest absolute Gasteiger partial charge is 0.423 e. The Morgan fingerprint density at radius 3 is 2.50 bits per heavy atom. The van der Waals surface area contributed by atoms with Crippen molar-refractivity contribution in [1.29, 1.82) is 0 Å². The topological polar surface area (TPSA) is 30.2 Å². The van der Waals surface area contributed by atoms with Gasteiger partial charge in [-0.3, -0.25) is 0 Å². The predicted octanol–water partition coefficient (Wildman–Crippen LogP) is 5.66. The molecule has 0 aliphatic rings. The second-order valence-corrected chi connectivity index (χ2v) is 7.41. The summed E-state index contributed by atoms with van der Waals surface area (Å²) in [5.41, 5.74) is 5.27. The van der Waals surface area contributed by atoms with Crippen LogP contribution in [0.3, 0.4) is 0 Å². The maximum absolute atomic E-state index is 11.9. The number of thioether (sulfide) groups is 1. The molecular weight excluding hydrogens is 316 g/mol. The van der Waals surface area contributed by atoms with Crippen LogP contribution in [0, 0.1) is 6.92 Å². The average Bonchev–Trinajstić information content (AvgIpc) is 2.54. The molecule has 0 amide bonds. The highest BCUT2D eigenvalue weighted by atomic mass is 32.2. The van der Waals surface area contributed by atoms with Crippen LogP contribution < -0.4 is 5.63 Å². The van der Waals surface area contributed by atoms with E-state index in [1.807, 2.05) is 23.9 Å². The standard InChI is InChI=1S/C21H22O2S/c1-14(2)18-11-19-17(10-21(22)23-20(19)9-15(18)3)13-24-12-16-7-5-4-6-8-16/h4-11,14H,12-13H2,1-3H3. The second kappa shape index (κ2) is 7.27. The number of fused-ring (bicyclic) bond motifs is 1. The van der Waals surface area contributed by atoms with Gasteiger partial charge in [-0.1, -0.05) is 44.2 Å². The van der Waals surface area contributed by atoms with Gasteiger partial charge in [-0.25, -0.2) is 4.79 Å². The fourth-order valence-corrected chi connectivity index (χ4v) is 3.97. The van der Waals surface area contributed by atoms with Crippen molar-refractivity contribution in [1.82, 2.24) is 0 Å². The van der Waals surface area contributed by atoms with E-state index in [2.05, 4.69) is 51.1 Å². The van der Waals surface area contributed by atoms with E-state index in [0.717, 1.165) is 22.5 Å². The van der Waals surface area contributed by atoms with Gasteiger partial charge in [0.2, 0.25) is 0 Å². The zero-order valence-electron chi connectivity index (χ0n) is 14.3. The van der Waals surface area contributed by atoms with Crippen LogP contribution >= 0.6 is 11.8 Å². The Balaban J connectivity index is 1.91. The van der Waals surface area contributed by atoms with Gasteiger partial charge in [0.1, 0.15) is 5.58 Å². The highest BCUT2D eigenvalue weighted by molar-refractivity contribution is 7.97. The summed E-state index contributed by atoms with van der Waals surface area (Å²) >= 11 is 1.82. The van der Waals surface area contributed by atoms with E-state index in [-0.39, 0.29) is 5.63 Å². The summed E-state index contributed by atoms with van der Waals surface area (Å²) in [6, 6.07) is 16.2. The number of benzene rings is 2. The molecular formula is C21H22O2S. The maximum atomic E-state index is 11.9. The minimum Gasteiger partial charge on any atom is -0.423 e. The monoisotopic (exact) mass is 338 g/mol. The first-order chi connectivity index (χ1) is 11.5. The first-order valence-corrected chi connectivity index (χ1v) is 9.39. The normalized spacial score (nSPS) is 11.3. The van der Waals surface area contributed by atoms with Gasteiger partial charge in [-0.05, 0) is 47.2 Å². The molecule has 2 aromatic carbocycles. The van der Waals surface area contributed by atoms with Crippen LogP contribution in [-0.2, 0) is 11.5 Å². The molecule has 0 atom stereocenters. The van der Waals surface area contributed by atoms with Crippen LogP contribution in [0.5, 0.6) is 0 Å². The summed E-state index contributed by atoms with van der Waals surface area (Å²) in [6.45, 7) is 6.46. The Bertz CT molecular complexity index is 895. The molecule has 2 nitrogen and oxygen atoms in total. The first-order valence-electron chi connectivity index (χ1n) is 8.23. The molecule has 3 aromatic rings. The van der Waals surface area contributed by atoms with Gasteiger partial charge in [0.05, 0.1) is 0 Å². The van der Waals surface area contributed by atoms with Crippen molar-refractivity contribution in [3.05, 3.63) is 81.2 Å². The summed E-state index contributed by atoms with van der Waals surface area (Å²) in [5.74, 6) is 2.19. The van der Waals surface area contributed by atoms with Crippen molar-refractivity contribution >= 4 is 22.7 Å². The summed E-state index contributed by atoms with van der Waals surface area (Å²) in [4.78, 5) is 11.9. The van der Waals surface area contributed by atoms with Crippen molar-refractivity contribution in [2.24, 2.45) is 0 Å². The van der Waals surface area contributed by atoms with E-state index >= 15 is 0 Å². The van der Waals surface area contributed by atoms with E-state index in [4.69, 9.17) is 4.42 Å². The molecule has 0 aliphatic carbocycles. The summed E-state index contributed by atoms with van der Waals surface area (Å²) < 4.78 is 5.42. The number of hydrogen-bond donors (Lipinski definition) is 0. The Morgan fingerprint density at radius 2 is 1.79 bits per heavy atom. The molecule has 124 valence electrons.